The SMILES string of the molecule is CCC(C1CC1)N1C2CCC1CC(CC(=O)O)C2. The number of carbonyl (C=O) groups is 1. The third-order valence-electron chi connectivity index (χ3n) is 5.32. The molecular formula is C15H25NO2. The van der Waals surface area contributed by atoms with Gasteiger partial charge >= 0.3 is 5.97 Å². The molecule has 3 fully saturated rings. The topological polar surface area (TPSA) is 40.5 Å². The van der Waals surface area contributed by atoms with Gasteiger partial charge < -0.3 is 5.11 Å². The summed E-state index contributed by atoms with van der Waals surface area (Å²) in [6, 6.07) is 2.19. The van der Waals surface area contributed by atoms with E-state index in [4.69, 9.17) is 5.11 Å². The van der Waals surface area contributed by atoms with E-state index in [0.29, 0.717) is 24.4 Å². The molecule has 1 N–H and O–H groups in total. The molecule has 2 saturated heterocycles. The van der Waals surface area contributed by atoms with E-state index in [9.17, 15) is 4.79 Å². The predicted molar refractivity (Wildman–Crippen MR) is 70.4 cm³/mol. The Hall–Kier alpha value is -0.570. The average molecular weight is 251 g/mol. The summed E-state index contributed by atoms with van der Waals surface area (Å²) in [6.45, 7) is 2.33. The molecule has 18 heavy (non-hydrogen) atoms. The summed E-state index contributed by atoms with van der Waals surface area (Å²) < 4.78 is 0. The highest BCUT2D eigenvalue weighted by Gasteiger charge is 2.47. The summed E-state index contributed by atoms with van der Waals surface area (Å²) in [6.07, 6.45) is 9.40. The van der Waals surface area contributed by atoms with Gasteiger partial charge in [0.15, 0.2) is 0 Å². The van der Waals surface area contributed by atoms with Gasteiger partial charge in [-0.05, 0) is 56.8 Å². The molecule has 3 rings (SSSR count). The van der Waals surface area contributed by atoms with Crippen molar-refractivity contribution in [3.63, 3.8) is 0 Å². The highest BCUT2D eigenvalue weighted by atomic mass is 16.4. The van der Waals surface area contributed by atoms with Gasteiger partial charge in [-0.3, -0.25) is 9.69 Å². The Labute approximate surface area is 110 Å². The molecule has 0 spiro atoms. The van der Waals surface area contributed by atoms with Crippen molar-refractivity contribution in [1.82, 2.24) is 4.90 Å². The largest absolute Gasteiger partial charge is 0.481 e. The smallest absolute Gasteiger partial charge is 0.303 e. The number of piperidine rings is 1. The highest BCUT2D eigenvalue weighted by molar-refractivity contribution is 5.67. The van der Waals surface area contributed by atoms with Gasteiger partial charge in [0.1, 0.15) is 0 Å². The van der Waals surface area contributed by atoms with Crippen LogP contribution in [-0.4, -0.2) is 34.1 Å². The van der Waals surface area contributed by atoms with E-state index < -0.39 is 5.97 Å². The predicted octanol–water partition coefficient (Wildman–Crippen LogP) is 2.89. The van der Waals surface area contributed by atoms with Crippen molar-refractivity contribution < 1.29 is 9.90 Å². The number of carboxylic acid groups (broad SMARTS) is 1. The number of aliphatic carboxylic acids is 1. The molecule has 0 aromatic carbocycles. The van der Waals surface area contributed by atoms with Gasteiger partial charge in [-0.15, -0.1) is 0 Å². The maximum Gasteiger partial charge on any atom is 0.303 e. The van der Waals surface area contributed by atoms with Crippen molar-refractivity contribution in [3.05, 3.63) is 0 Å². The number of nitrogens with zero attached hydrogens (tertiary/aromatic N) is 1. The fourth-order valence-electron chi connectivity index (χ4n) is 4.55. The summed E-state index contributed by atoms with van der Waals surface area (Å²) in [5, 5.41) is 8.96. The van der Waals surface area contributed by atoms with Gasteiger partial charge in [0.25, 0.3) is 0 Å². The van der Waals surface area contributed by atoms with Gasteiger partial charge in [0.05, 0.1) is 0 Å². The quantitative estimate of drug-likeness (QED) is 0.816. The molecule has 0 radical (unpaired) electrons. The zero-order valence-electron chi connectivity index (χ0n) is 11.3. The van der Waals surface area contributed by atoms with Crippen LogP contribution in [0.1, 0.15) is 58.3 Å². The molecule has 3 heteroatoms. The van der Waals surface area contributed by atoms with Crippen molar-refractivity contribution in [2.24, 2.45) is 11.8 Å². The van der Waals surface area contributed by atoms with Gasteiger partial charge in [-0.2, -0.15) is 0 Å². The summed E-state index contributed by atoms with van der Waals surface area (Å²) in [5.41, 5.74) is 0. The van der Waals surface area contributed by atoms with Crippen molar-refractivity contribution in [1.29, 1.82) is 0 Å². The molecule has 3 atom stereocenters. The number of carboxylic acids is 1. The Balaban J connectivity index is 1.67. The second kappa shape index (κ2) is 4.84. The second-order valence-corrected chi connectivity index (χ2v) is 6.58. The Morgan fingerprint density at radius 3 is 2.28 bits per heavy atom. The molecule has 2 bridgehead atoms. The first-order chi connectivity index (χ1) is 8.69. The molecule has 102 valence electrons. The van der Waals surface area contributed by atoms with Crippen LogP contribution < -0.4 is 0 Å². The fourth-order valence-corrected chi connectivity index (χ4v) is 4.55. The van der Waals surface area contributed by atoms with E-state index in [1.807, 2.05) is 0 Å². The van der Waals surface area contributed by atoms with E-state index >= 15 is 0 Å². The maximum absolute atomic E-state index is 10.9. The molecule has 3 unspecified atom stereocenters. The van der Waals surface area contributed by atoms with Crippen molar-refractivity contribution >= 4 is 5.97 Å². The average Bonchev–Trinajstić information content (AvgIpc) is 3.08. The van der Waals surface area contributed by atoms with Gasteiger partial charge in [-0.1, -0.05) is 6.92 Å². The molecule has 3 aliphatic rings. The van der Waals surface area contributed by atoms with E-state index in [0.717, 1.165) is 24.8 Å². The van der Waals surface area contributed by atoms with E-state index in [1.165, 1.54) is 32.1 Å². The lowest BCUT2D eigenvalue weighted by atomic mass is 9.86. The van der Waals surface area contributed by atoms with Crippen molar-refractivity contribution in [3.8, 4) is 0 Å². The summed E-state index contributed by atoms with van der Waals surface area (Å²) in [5.74, 6) is 0.782. The molecule has 2 aliphatic heterocycles. The number of hydrogen-bond donors (Lipinski definition) is 1. The molecule has 1 aliphatic carbocycles. The third-order valence-corrected chi connectivity index (χ3v) is 5.32. The molecule has 1 saturated carbocycles. The Morgan fingerprint density at radius 2 is 1.83 bits per heavy atom. The number of hydrogen-bond acceptors (Lipinski definition) is 2. The summed E-state index contributed by atoms with van der Waals surface area (Å²) >= 11 is 0. The van der Waals surface area contributed by atoms with E-state index in [-0.39, 0.29) is 0 Å². The monoisotopic (exact) mass is 251 g/mol. The van der Waals surface area contributed by atoms with Gasteiger partial charge in [-0.25, -0.2) is 0 Å². The van der Waals surface area contributed by atoms with Crippen LogP contribution in [-0.2, 0) is 4.79 Å². The van der Waals surface area contributed by atoms with Crippen LogP contribution in [0.2, 0.25) is 0 Å². The van der Waals surface area contributed by atoms with Crippen LogP contribution in [0.15, 0.2) is 0 Å². The number of fused-ring (bicyclic) bond motifs is 2. The van der Waals surface area contributed by atoms with Crippen molar-refractivity contribution in [2.45, 2.75) is 76.4 Å². The number of rotatable bonds is 5. The lowest BCUT2D eigenvalue weighted by molar-refractivity contribution is -0.138. The molecule has 0 amide bonds. The minimum Gasteiger partial charge on any atom is -0.481 e. The van der Waals surface area contributed by atoms with Crippen LogP contribution in [0, 0.1) is 11.8 Å². The van der Waals surface area contributed by atoms with Gasteiger partial charge in [0.2, 0.25) is 0 Å². The van der Waals surface area contributed by atoms with Crippen LogP contribution in [0.3, 0.4) is 0 Å². The zero-order chi connectivity index (χ0) is 12.7. The van der Waals surface area contributed by atoms with Crippen LogP contribution >= 0.6 is 0 Å². The second-order valence-electron chi connectivity index (χ2n) is 6.58. The van der Waals surface area contributed by atoms with E-state index in [1.54, 1.807) is 0 Å². The van der Waals surface area contributed by atoms with Crippen LogP contribution in [0.5, 0.6) is 0 Å². The van der Waals surface area contributed by atoms with E-state index in [2.05, 4.69) is 11.8 Å². The molecular weight excluding hydrogens is 226 g/mol. The van der Waals surface area contributed by atoms with Gasteiger partial charge in [0, 0.05) is 24.5 Å². The normalized spacial score (nSPS) is 37.7. The third kappa shape index (κ3) is 2.29. The first-order valence-electron chi connectivity index (χ1n) is 7.68. The first-order valence-corrected chi connectivity index (χ1v) is 7.68. The standard InChI is InChI=1S/C15H25NO2/c1-2-14(11-3-4-11)16-12-5-6-13(16)8-10(7-12)9-15(17)18/h10-14H,2-9H2,1H3,(H,17,18). The Kier molecular flexibility index (Phi) is 3.35. The molecule has 0 aromatic heterocycles. The fraction of sp³-hybridized carbons (Fsp3) is 0.933. The summed E-state index contributed by atoms with van der Waals surface area (Å²) in [4.78, 5) is 13.7. The zero-order valence-corrected chi connectivity index (χ0v) is 11.3. The minimum absolute atomic E-state index is 0.390. The Bertz CT molecular complexity index is 312. The lowest BCUT2D eigenvalue weighted by Crippen LogP contribution is -2.49. The molecule has 2 heterocycles. The Morgan fingerprint density at radius 1 is 1.22 bits per heavy atom. The lowest BCUT2D eigenvalue weighted by Gasteiger charge is -2.43. The van der Waals surface area contributed by atoms with Crippen LogP contribution in [0.4, 0.5) is 0 Å². The first kappa shape index (κ1) is 12.5. The summed E-state index contributed by atoms with van der Waals surface area (Å²) in [7, 11) is 0. The minimum atomic E-state index is -0.609. The molecule has 0 aromatic rings. The maximum atomic E-state index is 10.9. The van der Waals surface area contributed by atoms with Crippen LogP contribution in [0.25, 0.3) is 0 Å². The van der Waals surface area contributed by atoms with Crippen molar-refractivity contribution in [2.75, 3.05) is 0 Å². The highest BCUT2D eigenvalue weighted by Crippen LogP contribution is 2.46. The molecule has 3 nitrogen and oxygen atoms in total.